The highest BCUT2D eigenvalue weighted by Crippen LogP contribution is 2.29. The zero-order chi connectivity index (χ0) is 13.5. The maximum Gasteiger partial charge on any atom is 0.189 e. The smallest absolute Gasteiger partial charge is 0.189 e. The van der Waals surface area contributed by atoms with E-state index in [1.807, 2.05) is 48.5 Å². The molecule has 3 nitrogen and oxygen atoms in total. The van der Waals surface area contributed by atoms with E-state index in [2.05, 4.69) is 15.9 Å². The minimum atomic E-state index is -0.0620. The predicted molar refractivity (Wildman–Crippen MR) is 76.8 cm³/mol. The van der Waals surface area contributed by atoms with E-state index in [0.29, 0.717) is 12.4 Å². The van der Waals surface area contributed by atoms with Crippen LogP contribution >= 0.6 is 15.9 Å². The number of halogens is 1. The summed E-state index contributed by atoms with van der Waals surface area (Å²) < 4.78 is 11.8. The second-order valence-corrected chi connectivity index (χ2v) is 4.84. The van der Waals surface area contributed by atoms with Crippen LogP contribution in [-0.2, 0) is 18.0 Å². The molecular formula is C15H15BrO3. The molecule has 1 N–H and O–H groups in total. The molecule has 0 aliphatic carbocycles. The number of aliphatic hydroxyl groups excluding tert-OH is 1. The van der Waals surface area contributed by atoms with E-state index in [4.69, 9.17) is 9.47 Å². The van der Waals surface area contributed by atoms with Gasteiger partial charge in [-0.2, -0.15) is 0 Å². The monoisotopic (exact) mass is 322 g/mol. The second kappa shape index (κ2) is 7.28. The van der Waals surface area contributed by atoms with Crippen LogP contribution in [0.5, 0.6) is 5.75 Å². The van der Waals surface area contributed by atoms with Crippen LogP contribution < -0.4 is 4.74 Å². The third-order valence-electron chi connectivity index (χ3n) is 2.62. The lowest BCUT2D eigenvalue weighted by molar-refractivity contribution is 0.00357. The Labute approximate surface area is 120 Å². The molecule has 0 aromatic heterocycles. The summed E-state index contributed by atoms with van der Waals surface area (Å²) in [6, 6.07) is 15.4. The normalized spacial score (nSPS) is 10.4. The van der Waals surface area contributed by atoms with Crippen LogP contribution in [0, 0.1) is 0 Å². The van der Waals surface area contributed by atoms with Crippen molar-refractivity contribution in [3.05, 3.63) is 64.1 Å². The summed E-state index contributed by atoms with van der Waals surface area (Å²) in [6.45, 7) is 0.581. The summed E-state index contributed by atoms with van der Waals surface area (Å²) in [4.78, 5) is 0. The first-order chi connectivity index (χ1) is 9.31. The van der Waals surface area contributed by atoms with Crippen molar-refractivity contribution in [2.24, 2.45) is 0 Å². The van der Waals surface area contributed by atoms with E-state index in [1.165, 1.54) is 0 Å². The lowest BCUT2D eigenvalue weighted by Crippen LogP contribution is -2.05. The average Bonchev–Trinajstić information content (AvgIpc) is 2.46. The molecule has 0 radical (unpaired) electrons. The van der Waals surface area contributed by atoms with E-state index in [0.717, 1.165) is 15.6 Å². The Balaban J connectivity index is 1.86. The predicted octanol–water partition coefficient (Wildman–Crippen LogP) is 3.49. The largest absolute Gasteiger partial charge is 0.466 e. The van der Waals surface area contributed by atoms with Crippen LogP contribution in [0.3, 0.4) is 0 Å². The first kappa shape index (κ1) is 14.1. The molecule has 19 heavy (non-hydrogen) atoms. The molecule has 2 aromatic rings. The molecule has 0 bridgehead atoms. The van der Waals surface area contributed by atoms with Crippen molar-refractivity contribution in [3.63, 3.8) is 0 Å². The van der Waals surface area contributed by atoms with Crippen LogP contribution in [0.25, 0.3) is 0 Å². The molecule has 0 saturated carbocycles. The van der Waals surface area contributed by atoms with Crippen LogP contribution in [0.4, 0.5) is 0 Å². The number of hydrogen-bond donors (Lipinski definition) is 1. The fourth-order valence-electron chi connectivity index (χ4n) is 1.67. The fraction of sp³-hybridized carbons (Fsp3) is 0.200. The van der Waals surface area contributed by atoms with Gasteiger partial charge in [0.15, 0.2) is 6.79 Å². The molecule has 4 heteroatoms. The van der Waals surface area contributed by atoms with E-state index >= 15 is 0 Å². The molecule has 100 valence electrons. The van der Waals surface area contributed by atoms with Crippen molar-refractivity contribution in [2.75, 3.05) is 6.79 Å². The van der Waals surface area contributed by atoms with Crippen LogP contribution in [-0.4, -0.2) is 11.9 Å². The standard InChI is InChI=1S/C15H15BrO3/c16-14-8-4-7-13(9-17)15(14)19-11-18-10-12-5-2-1-3-6-12/h1-8,17H,9-11H2. The van der Waals surface area contributed by atoms with Crippen LogP contribution in [0.1, 0.15) is 11.1 Å². The highest BCUT2D eigenvalue weighted by Gasteiger charge is 2.06. The van der Waals surface area contributed by atoms with Crippen molar-refractivity contribution in [1.29, 1.82) is 0 Å². The summed E-state index contributed by atoms with van der Waals surface area (Å²) in [7, 11) is 0. The Morgan fingerprint density at radius 1 is 1.00 bits per heavy atom. The van der Waals surface area contributed by atoms with Crippen molar-refractivity contribution in [2.45, 2.75) is 13.2 Å². The molecule has 2 aromatic carbocycles. The Morgan fingerprint density at radius 2 is 1.79 bits per heavy atom. The molecule has 2 rings (SSSR count). The molecule has 0 unspecified atom stereocenters. The Bertz CT molecular complexity index is 514. The zero-order valence-electron chi connectivity index (χ0n) is 10.4. The van der Waals surface area contributed by atoms with Crippen molar-refractivity contribution in [3.8, 4) is 5.75 Å². The Hall–Kier alpha value is -1.36. The first-order valence-electron chi connectivity index (χ1n) is 5.94. The molecular weight excluding hydrogens is 308 g/mol. The number of aliphatic hydroxyl groups is 1. The van der Waals surface area contributed by atoms with Gasteiger partial charge in [0, 0.05) is 5.56 Å². The topological polar surface area (TPSA) is 38.7 Å². The van der Waals surface area contributed by atoms with Gasteiger partial charge in [0.1, 0.15) is 5.75 Å². The third-order valence-corrected chi connectivity index (χ3v) is 3.24. The van der Waals surface area contributed by atoms with E-state index in [9.17, 15) is 5.11 Å². The number of rotatable bonds is 6. The molecule has 0 saturated heterocycles. The van der Waals surface area contributed by atoms with Crippen molar-refractivity contribution in [1.82, 2.24) is 0 Å². The van der Waals surface area contributed by atoms with Gasteiger partial charge in [-0.25, -0.2) is 0 Å². The SMILES string of the molecule is OCc1cccc(Br)c1OCOCc1ccccc1. The quantitative estimate of drug-likeness (QED) is 0.653. The van der Waals surface area contributed by atoms with Gasteiger partial charge in [0.25, 0.3) is 0 Å². The second-order valence-electron chi connectivity index (χ2n) is 3.98. The first-order valence-corrected chi connectivity index (χ1v) is 6.73. The van der Waals surface area contributed by atoms with Gasteiger partial charge >= 0.3 is 0 Å². The fourth-order valence-corrected chi connectivity index (χ4v) is 2.20. The third kappa shape index (κ3) is 4.06. The maximum absolute atomic E-state index is 9.24. The summed E-state index contributed by atoms with van der Waals surface area (Å²) in [5, 5.41) is 9.24. The Morgan fingerprint density at radius 3 is 2.53 bits per heavy atom. The summed E-state index contributed by atoms with van der Waals surface area (Å²) in [5.41, 5.74) is 1.83. The minimum Gasteiger partial charge on any atom is -0.466 e. The maximum atomic E-state index is 9.24. The average molecular weight is 323 g/mol. The van der Waals surface area contributed by atoms with Gasteiger partial charge < -0.3 is 14.6 Å². The van der Waals surface area contributed by atoms with E-state index < -0.39 is 0 Å². The van der Waals surface area contributed by atoms with Crippen molar-refractivity contribution < 1.29 is 14.6 Å². The van der Waals surface area contributed by atoms with Gasteiger partial charge in [0.05, 0.1) is 17.7 Å². The zero-order valence-corrected chi connectivity index (χ0v) is 12.0. The number of benzene rings is 2. The van der Waals surface area contributed by atoms with E-state index in [-0.39, 0.29) is 13.4 Å². The highest BCUT2D eigenvalue weighted by molar-refractivity contribution is 9.10. The van der Waals surface area contributed by atoms with Crippen molar-refractivity contribution >= 4 is 15.9 Å². The Kier molecular flexibility index (Phi) is 5.39. The molecule has 0 heterocycles. The summed E-state index contributed by atoms with van der Waals surface area (Å²) >= 11 is 3.39. The van der Waals surface area contributed by atoms with Gasteiger partial charge in [-0.3, -0.25) is 0 Å². The lowest BCUT2D eigenvalue weighted by Gasteiger charge is -2.12. The molecule has 0 atom stereocenters. The van der Waals surface area contributed by atoms with Gasteiger partial charge in [0.2, 0.25) is 0 Å². The highest BCUT2D eigenvalue weighted by atomic mass is 79.9. The molecule has 0 aliphatic heterocycles. The molecule has 0 aliphatic rings. The van der Waals surface area contributed by atoms with Gasteiger partial charge in [-0.1, -0.05) is 42.5 Å². The lowest BCUT2D eigenvalue weighted by atomic mass is 10.2. The number of ether oxygens (including phenoxy) is 2. The number of para-hydroxylation sites is 1. The summed E-state index contributed by atoms with van der Waals surface area (Å²) in [6.07, 6.45) is 0. The van der Waals surface area contributed by atoms with Gasteiger partial charge in [-0.05, 0) is 27.6 Å². The van der Waals surface area contributed by atoms with Crippen LogP contribution in [0.15, 0.2) is 53.0 Å². The molecule has 0 fully saturated rings. The number of hydrogen-bond acceptors (Lipinski definition) is 3. The van der Waals surface area contributed by atoms with Crippen LogP contribution in [0.2, 0.25) is 0 Å². The minimum absolute atomic E-state index is 0.0620. The molecule has 0 spiro atoms. The van der Waals surface area contributed by atoms with E-state index in [1.54, 1.807) is 0 Å². The van der Waals surface area contributed by atoms with Gasteiger partial charge in [-0.15, -0.1) is 0 Å². The molecule has 0 amide bonds. The summed E-state index contributed by atoms with van der Waals surface area (Å²) in [5.74, 6) is 0.623.